The third kappa shape index (κ3) is 18.5. The van der Waals surface area contributed by atoms with Crippen molar-refractivity contribution in [3.63, 3.8) is 0 Å². The van der Waals surface area contributed by atoms with Crippen molar-refractivity contribution < 1.29 is 34.4 Å². The van der Waals surface area contributed by atoms with Crippen LogP contribution in [-0.2, 0) is 19.1 Å². The van der Waals surface area contributed by atoms with Gasteiger partial charge in [0, 0.05) is 11.1 Å². The molecule has 0 radical (unpaired) electrons. The molecule has 3 N–H and O–H groups in total. The van der Waals surface area contributed by atoms with Gasteiger partial charge in [0.1, 0.15) is 13.2 Å². The fraction of sp³-hybridized carbons (Fsp3) is 0.667. The molecule has 0 saturated heterocycles. The van der Waals surface area contributed by atoms with Gasteiger partial charge in [-0.15, -0.1) is 0 Å². The summed E-state index contributed by atoms with van der Waals surface area (Å²) < 4.78 is 9.38. The predicted octanol–water partition coefficient (Wildman–Crippen LogP) is 1.51. The molecule has 0 bridgehead atoms. The molecule has 7 heteroatoms. The molecule has 0 amide bonds. The molecule has 146 valence electrons. The van der Waals surface area contributed by atoms with Crippen molar-refractivity contribution in [2.45, 2.75) is 52.1 Å². The van der Waals surface area contributed by atoms with Crippen molar-refractivity contribution in [3.8, 4) is 0 Å². The molecular weight excluding hydrogens is 328 g/mol. The summed E-state index contributed by atoms with van der Waals surface area (Å²) >= 11 is 0. The zero-order valence-corrected chi connectivity index (χ0v) is 15.3. The molecular formula is C18H32O7. The third-order valence-corrected chi connectivity index (χ3v) is 2.92. The number of ether oxygens (including phenoxy) is 2. The smallest absolute Gasteiger partial charge is 0.333 e. The summed E-state index contributed by atoms with van der Waals surface area (Å²) in [5.41, 5.74) is 0.632. The highest BCUT2D eigenvalue weighted by molar-refractivity contribution is 5.87. The fourth-order valence-corrected chi connectivity index (χ4v) is 1.60. The van der Waals surface area contributed by atoms with Crippen LogP contribution in [0.4, 0.5) is 0 Å². The lowest BCUT2D eigenvalue weighted by atomic mass is 9.98. The molecule has 1 rings (SSSR count). The van der Waals surface area contributed by atoms with Crippen molar-refractivity contribution in [2.24, 2.45) is 0 Å². The first-order valence-corrected chi connectivity index (χ1v) is 8.31. The number of carbonyl (C=O) groups excluding carboxylic acids is 2. The van der Waals surface area contributed by atoms with Crippen LogP contribution in [0.15, 0.2) is 24.3 Å². The van der Waals surface area contributed by atoms with Crippen LogP contribution in [0.2, 0.25) is 0 Å². The maximum Gasteiger partial charge on any atom is 0.333 e. The summed E-state index contributed by atoms with van der Waals surface area (Å²) in [6, 6.07) is 0. The Hall–Kier alpha value is -1.70. The number of hydrogen-bond donors (Lipinski definition) is 3. The molecule has 0 aromatic heterocycles. The average Bonchev–Trinajstić information content (AvgIpc) is 2.59. The summed E-state index contributed by atoms with van der Waals surface area (Å²) in [5.74, 6) is -0.979. The van der Waals surface area contributed by atoms with Gasteiger partial charge in [0.2, 0.25) is 0 Å². The van der Waals surface area contributed by atoms with Crippen molar-refractivity contribution in [1.29, 1.82) is 0 Å². The maximum absolute atomic E-state index is 10.8. The second kappa shape index (κ2) is 17.1. The number of hydrogen-bond acceptors (Lipinski definition) is 7. The molecule has 1 saturated carbocycles. The number of aliphatic hydroxyl groups excluding tert-OH is 3. The van der Waals surface area contributed by atoms with Crippen molar-refractivity contribution >= 4 is 11.9 Å². The summed E-state index contributed by atoms with van der Waals surface area (Å²) in [6.07, 6.45) is 5.92. The van der Waals surface area contributed by atoms with Gasteiger partial charge < -0.3 is 24.8 Å². The molecule has 1 fully saturated rings. The first-order valence-electron chi connectivity index (χ1n) is 8.31. The summed E-state index contributed by atoms with van der Waals surface area (Å²) in [4.78, 5) is 21.7. The van der Waals surface area contributed by atoms with Crippen LogP contribution in [0.3, 0.4) is 0 Å². The molecule has 0 unspecified atom stereocenters. The second-order valence-electron chi connectivity index (χ2n) is 5.57. The highest BCUT2D eigenvalue weighted by Gasteiger charge is 2.07. The Labute approximate surface area is 150 Å². The van der Waals surface area contributed by atoms with Crippen LogP contribution in [0.25, 0.3) is 0 Å². The molecule has 0 heterocycles. The van der Waals surface area contributed by atoms with E-state index in [1.54, 1.807) is 13.8 Å². The Bertz CT molecular complexity index is 368. The topological polar surface area (TPSA) is 113 Å². The summed E-state index contributed by atoms with van der Waals surface area (Å²) in [5, 5.41) is 24.2. The standard InChI is InChI=1S/C10H14O4.C6H12O.C2H6O2/c1-7(2)9(11)13-5-6-14-10(12)8(3)4;7-6-4-2-1-3-5-6;3-1-2-4/h1,3,5-6H2,2,4H3;6-7H,1-5H2;3-4H,1-2H2. The van der Waals surface area contributed by atoms with Crippen LogP contribution in [0.5, 0.6) is 0 Å². The van der Waals surface area contributed by atoms with Crippen molar-refractivity contribution in [3.05, 3.63) is 24.3 Å². The first kappa shape index (κ1) is 25.5. The number of esters is 2. The Kier molecular flexibility index (Phi) is 17.5. The van der Waals surface area contributed by atoms with Crippen LogP contribution < -0.4 is 0 Å². The Morgan fingerprint density at radius 1 is 0.880 bits per heavy atom. The quantitative estimate of drug-likeness (QED) is 0.374. The van der Waals surface area contributed by atoms with Crippen molar-refractivity contribution in [2.75, 3.05) is 26.4 Å². The van der Waals surface area contributed by atoms with Crippen LogP contribution in [0, 0.1) is 0 Å². The van der Waals surface area contributed by atoms with E-state index in [2.05, 4.69) is 22.6 Å². The van der Waals surface area contributed by atoms with E-state index >= 15 is 0 Å². The van der Waals surface area contributed by atoms with E-state index < -0.39 is 11.9 Å². The van der Waals surface area contributed by atoms with Gasteiger partial charge in [0.15, 0.2) is 0 Å². The van der Waals surface area contributed by atoms with Crippen LogP contribution in [0.1, 0.15) is 46.0 Å². The van der Waals surface area contributed by atoms with Crippen LogP contribution >= 0.6 is 0 Å². The predicted molar refractivity (Wildman–Crippen MR) is 94.8 cm³/mol. The number of aliphatic hydroxyl groups is 3. The monoisotopic (exact) mass is 360 g/mol. The molecule has 7 nitrogen and oxygen atoms in total. The largest absolute Gasteiger partial charge is 0.459 e. The Balaban J connectivity index is 0. The van der Waals surface area contributed by atoms with Gasteiger partial charge in [-0.3, -0.25) is 0 Å². The van der Waals surface area contributed by atoms with Gasteiger partial charge in [0.25, 0.3) is 0 Å². The SMILES string of the molecule is C=C(C)C(=O)OCCOC(=O)C(=C)C.OC1CCCCC1.OCCO. The van der Waals surface area contributed by atoms with E-state index in [4.69, 9.17) is 15.3 Å². The Morgan fingerprint density at radius 2 is 1.24 bits per heavy atom. The lowest BCUT2D eigenvalue weighted by Crippen LogP contribution is -2.14. The molecule has 1 aliphatic rings. The van der Waals surface area contributed by atoms with Gasteiger partial charge in [-0.2, -0.15) is 0 Å². The van der Waals surface area contributed by atoms with E-state index in [1.807, 2.05) is 0 Å². The molecule has 0 spiro atoms. The van der Waals surface area contributed by atoms with E-state index in [0.717, 1.165) is 12.8 Å². The van der Waals surface area contributed by atoms with Gasteiger partial charge >= 0.3 is 11.9 Å². The number of rotatable bonds is 6. The van der Waals surface area contributed by atoms with Gasteiger partial charge in [-0.25, -0.2) is 9.59 Å². The van der Waals surface area contributed by atoms with Crippen molar-refractivity contribution in [1.82, 2.24) is 0 Å². The minimum absolute atomic E-state index is 0.0325. The first-order chi connectivity index (χ1) is 11.8. The lowest BCUT2D eigenvalue weighted by molar-refractivity contribution is -0.147. The molecule has 0 aliphatic heterocycles. The lowest BCUT2D eigenvalue weighted by Gasteiger charge is -2.14. The molecule has 0 aromatic carbocycles. The normalized spacial score (nSPS) is 13.3. The summed E-state index contributed by atoms with van der Waals surface area (Å²) in [7, 11) is 0. The highest BCUT2D eigenvalue weighted by atomic mass is 16.6. The van der Waals surface area contributed by atoms with E-state index in [0.29, 0.717) is 11.1 Å². The zero-order chi connectivity index (χ0) is 19.7. The Morgan fingerprint density at radius 3 is 1.44 bits per heavy atom. The average molecular weight is 360 g/mol. The molecule has 0 atom stereocenters. The highest BCUT2D eigenvalue weighted by Crippen LogP contribution is 2.16. The second-order valence-corrected chi connectivity index (χ2v) is 5.57. The maximum atomic E-state index is 10.8. The van der Waals surface area contributed by atoms with E-state index in [9.17, 15) is 9.59 Å². The third-order valence-electron chi connectivity index (χ3n) is 2.92. The zero-order valence-electron chi connectivity index (χ0n) is 15.3. The van der Waals surface area contributed by atoms with E-state index in [1.165, 1.54) is 19.3 Å². The molecule has 0 aromatic rings. The van der Waals surface area contributed by atoms with Gasteiger partial charge in [-0.05, 0) is 26.7 Å². The minimum Gasteiger partial charge on any atom is -0.459 e. The number of carbonyl (C=O) groups is 2. The molecule has 25 heavy (non-hydrogen) atoms. The fourth-order valence-electron chi connectivity index (χ4n) is 1.60. The van der Waals surface area contributed by atoms with Gasteiger partial charge in [0.05, 0.1) is 19.3 Å². The van der Waals surface area contributed by atoms with Gasteiger partial charge in [-0.1, -0.05) is 32.4 Å². The minimum atomic E-state index is -0.489. The summed E-state index contributed by atoms with van der Waals surface area (Å²) in [6.45, 7) is 9.70. The molecule has 1 aliphatic carbocycles. The van der Waals surface area contributed by atoms with E-state index in [-0.39, 0.29) is 32.5 Å². The van der Waals surface area contributed by atoms with Crippen LogP contribution in [-0.4, -0.2) is 59.8 Å².